The molecule has 5 nitrogen and oxygen atoms in total. The maximum absolute atomic E-state index is 14.2. The molecule has 2 aliphatic rings. The Morgan fingerprint density at radius 3 is 1.91 bits per heavy atom. The fourth-order valence-electron chi connectivity index (χ4n) is 4.65. The molecule has 0 saturated carbocycles. The van der Waals surface area contributed by atoms with E-state index in [-0.39, 0.29) is 24.3 Å². The Morgan fingerprint density at radius 2 is 1.44 bits per heavy atom. The number of aliphatic hydroxyl groups is 1. The zero-order valence-corrected chi connectivity index (χ0v) is 19.5. The average Bonchev–Trinajstić information content (AvgIpc) is 2.99. The molecule has 2 saturated heterocycles. The van der Waals surface area contributed by atoms with Crippen molar-refractivity contribution in [1.82, 2.24) is 0 Å². The van der Waals surface area contributed by atoms with Crippen molar-refractivity contribution in [2.24, 2.45) is 0 Å². The molecule has 2 fully saturated rings. The van der Waals surface area contributed by atoms with E-state index in [2.05, 4.69) is 0 Å². The average molecular weight is 505 g/mol. The monoisotopic (exact) mass is 504 g/mol. The van der Waals surface area contributed by atoms with Crippen LogP contribution in [0.15, 0.2) is 72.8 Å². The van der Waals surface area contributed by atoms with E-state index >= 15 is 0 Å². The lowest BCUT2D eigenvalue weighted by atomic mass is 9.78. The molecule has 2 amide bonds. The number of hydrogen-bond donors (Lipinski definition) is 1. The van der Waals surface area contributed by atoms with Crippen LogP contribution in [0.4, 0.5) is 25.0 Å². The Hall–Kier alpha value is -2.71. The highest BCUT2D eigenvalue weighted by molar-refractivity contribution is 6.31. The second-order valence-electron chi connectivity index (χ2n) is 8.57. The molecule has 1 unspecified atom stereocenters. The van der Waals surface area contributed by atoms with Gasteiger partial charge in [-0.3, -0.25) is 9.80 Å². The Balaban J connectivity index is 1.76. The molecular formula is C25H20Cl2F2N2O3. The van der Waals surface area contributed by atoms with Crippen LogP contribution in [-0.2, 0) is 16.4 Å². The van der Waals surface area contributed by atoms with E-state index in [4.69, 9.17) is 27.9 Å². The summed E-state index contributed by atoms with van der Waals surface area (Å²) in [4.78, 5) is 16.6. The molecule has 0 aromatic heterocycles. The van der Waals surface area contributed by atoms with Gasteiger partial charge in [-0.25, -0.2) is 13.6 Å². The predicted molar refractivity (Wildman–Crippen MR) is 127 cm³/mol. The van der Waals surface area contributed by atoms with Crippen LogP contribution in [0.25, 0.3) is 0 Å². The van der Waals surface area contributed by atoms with Crippen molar-refractivity contribution in [1.29, 1.82) is 0 Å². The SMILES string of the molecule is CC(F)(F)c1cccc(C2(O)N(c3ccc(Cl)cc3)C(=O)N(c3ccc(Cl)cc3)C23COC3)c1. The lowest BCUT2D eigenvalue weighted by Crippen LogP contribution is -2.70. The minimum Gasteiger partial charge on any atom is -0.376 e. The van der Waals surface area contributed by atoms with Crippen LogP contribution in [0, 0.1) is 0 Å². The predicted octanol–water partition coefficient (Wildman–Crippen LogP) is 6.17. The van der Waals surface area contributed by atoms with Gasteiger partial charge in [0.15, 0.2) is 0 Å². The number of alkyl halides is 2. The van der Waals surface area contributed by atoms with Crippen molar-refractivity contribution < 1.29 is 23.4 Å². The first kappa shape index (κ1) is 23.1. The highest BCUT2D eigenvalue weighted by Crippen LogP contribution is 2.54. The van der Waals surface area contributed by atoms with Crippen LogP contribution in [0.1, 0.15) is 18.1 Å². The zero-order chi connectivity index (χ0) is 24.3. The van der Waals surface area contributed by atoms with Gasteiger partial charge < -0.3 is 9.84 Å². The van der Waals surface area contributed by atoms with Gasteiger partial charge >= 0.3 is 6.03 Å². The molecule has 1 spiro atoms. The molecule has 0 aliphatic carbocycles. The number of carbonyl (C=O) groups is 1. The van der Waals surface area contributed by atoms with Gasteiger partial charge in [0.2, 0.25) is 5.72 Å². The van der Waals surface area contributed by atoms with Gasteiger partial charge in [-0.15, -0.1) is 0 Å². The lowest BCUT2D eigenvalue weighted by Gasteiger charge is -2.51. The Bertz CT molecular complexity index is 1240. The van der Waals surface area contributed by atoms with Gasteiger partial charge in [0.1, 0.15) is 5.54 Å². The third-order valence-corrected chi connectivity index (χ3v) is 6.91. The molecule has 1 N–H and O–H groups in total. The Labute approximate surface area is 205 Å². The summed E-state index contributed by atoms with van der Waals surface area (Å²) in [7, 11) is 0. The molecule has 3 aromatic carbocycles. The number of amides is 2. The van der Waals surface area contributed by atoms with E-state index in [0.717, 1.165) is 6.92 Å². The van der Waals surface area contributed by atoms with Gasteiger partial charge in [-0.05, 0) is 54.6 Å². The van der Waals surface area contributed by atoms with Gasteiger partial charge in [-0.1, -0.05) is 41.4 Å². The minimum atomic E-state index is -3.14. The third kappa shape index (κ3) is 3.30. The number of ether oxygens (including phenoxy) is 1. The van der Waals surface area contributed by atoms with E-state index in [0.29, 0.717) is 21.4 Å². The van der Waals surface area contributed by atoms with Crippen LogP contribution >= 0.6 is 23.2 Å². The van der Waals surface area contributed by atoms with Gasteiger partial charge in [0.05, 0.1) is 13.2 Å². The number of urea groups is 1. The molecule has 2 heterocycles. The molecule has 3 aromatic rings. The maximum Gasteiger partial charge on any atom is 0.332 e. The fraction of sp³-hybridized carbons (Fsp3) is 0.240. The van der Waals surface area contributed by atoms with E-state index < -0.39 is 23.2 Å². The Kier molecular flexibility index (Phi) is 5.37. The van der Waals surface area contributed by atoms with Crippen molar-refractivity contribution in [2.45, 2.75) is 24.1 Å². The highest BCUT2D eigenvalue weighted by atomic mass is 35.5. The molecule has 0 bridgehead atoms. The number of anilines is 2. The molecule has 34 heavy (non-hydrogen) atoms. The first-order chi connectivity index (χ1) is 16.1. The second-order valence-corrected chi connectivity index (χ2v) is 9.44. The first-order valence-electron chi connectivity index (χ1n) is 10.5. The topological polar surface area (TPSA) is 53.0 Å². The van der Waals surface area contributed by atoms with E-state index in [1.54, 1.807) is 48.5 Å². The molecule has 2 aliphatic heterocycles. The molecule has 9 heteroatoms. The normalized spacial score (nSPS) is 21.8. The van der Waals surface area contributed by atoms with Gasteiger partial charge in [-0.2, -0.15) is 0 Å². The number of halogens is 4. The summed E-state index contributed by atoms with van der Waals surface area (Å²) >= 11 is 12.1. The van der Waals surface area contributed by atoms with Crippen molar-refractivity contribution in [3.05, 3.63) is 94.0 Å². The van der Waals surface area contributed by atoms with Gasteiger partial charge in [0, 0.05) is 39.5 Å². The number of nitrogens with zero attached hydrogens (tertiary/aromatic N) is 2. The molecule has 176 valence electrons. The highest BCUT2D eigenvalue weighted by Gasteiger charge is 2.72. The minimum absolute atomic E-state index is 0.00526. The summed E-state index contributed by atoms with van der Waals surface area (Å²) in [5.74, 6) is -3.14. The van der Waals surface area contributed by atoms with Crippen LogP contribution in [0.3, 0.4) is 0 Å². The molecule has 1 atom stereocenters. The number of benzene rings is 3. The van der Waals surface area contributed by atoms with Gasteiger partial charge in [0.25, 0.3) is 5.92 Å². The summed E-state index contributed by atoms with van der Waals surface area (Å²) in [6.45, 7) is 0.776. The summed E-state index contributed by atoms with van der Waals surface area (Å²) in [6.07, 6.45) is 0. The van der Waals surface area contributed by atoms with E-state index in [9.17, 15) is 18.7 Å². The van der Waals surface area contributed by atoms with E-state index in [1.807, 2.05) is 0 Å². The maximum atomic E-state index is 14.2. The van der Waals surface area contributed by atoms with Crippen LogP contribution in [0.2, 0.25) is 10.0 Å². The van der Waals surface area contributed by atoms with Crippen molar-refractivity contribution in [3.63, 3.8) is 0 Å². The van der Waals surface area contributed by atoms with E-state index in [1.165, 1.54) is 34.1 Å². The number of rotatable bonds is 4. The van der Waals surface area contributed by atoms with Crippen LogP contribution < -0.4 is 9.80 Å². The third-order valence-electron chi connectivity index (χ3n) is 6.41. The quantitative estimate of drug-likeness (QED) is 0.462. The van der Waals surface area contributed by atoms with Crippen molar-refractivity contribution in [3.8, 4) is 0 Å². The number of carbonyl (C=O) groups excluding carboxylic acids is 1. The first-order valence-corrected chi connectivity index (χ1v) is 11.3. The molecule has 5 rings (SSSR count). The standard InChI is InChI=1S/C25H20Cl2F2N2O3/c1-23(28,29)16-3-2-4-17(13-16)25(33)24(14-34-15-24)30(20-9-5-18(26)6-10-20)22(32)31(25)21-11-7-19(27)8-12-21/h2-13,33H,14-15H2,1H3. The van der Waals surface area contributed by atoms with Crippen LogP contribution in [-0.4, -0.2) is 29.9 Å². The molecule has 0 radical (unpaired) electrons. The lowest BCUT2D eigenvalue weighted by molar-refractivity contribution is -0.153. The van der Waals surface area contributed by atoms with Crippen molar-refractivity contribution in [2.75, 3.05) is 23.0 Å². The summed E-state index contributed by atoms with van der Waals surface area (Å²) < 4.78 is 34.0. The Morgan fingerprint density at radius 1 is 0.912 bits per heavy atom. The van der Waals surface area contributed by atoms with Crippen LogP contribution in [0.5, 0.6) is 0 Å². The zero-order valence-electron chi connectivity index (χ0n) is 18.0. The smallest absolute Gasteiger partial charge is 0.332 e. The number of hydrogen-bond acceptors (Lipinski definition) is 3. The largest absolute Gasteiger partial charge is 0.376 e. The summed E-state index contributed by atoms with van der Waals surface area (Å²) in [5.41, 5.74) is -2.59. The second kappa shape index (κ2) is 7.92. The fourth-order valence-corrected chi connectivity index (χ4v) is 4.91. The molecular weight excluding hydrogens is 485 g/mol. The summed E-state index contributed by atoms with van der Waals surface area (Å²) in [5, 5.41) is 13.4. The summed E-state index contributed by atoms with van der Waals surface area (Å²) in [6, 6.07) is 18.0. The van der Waals surface area contributed by atoms with Crippen molar-refractivity contribution >= 4 is 40.6 Å².